The van der Waals surface area contributed by atoms with E-state index < -0.39 is 11.9 Å². The Bertz CT molecular complexity index is 1490. The van der Waals surface area contributed by atoms with E-state index in [0.29, 0.717) is 29.8 Å². The average molecular weight is 478 g/mol. The highest BCUT2D eigenvalue weighted by atomic mass is 16.2. The number of amides is 3. The van der Waals surface area contributed by atoms with Gasteiger partial charge in [0.05, 0.1) is 24.4 Å². The Morgan fingerprint density at radius 3 is 2.64 bits per heavy atom. The lowest BCUT2D eigenvalue weighted by Crippen LogP contribution is -2.43. The van der Waals surface area contributed by atoms with Crippen molar-refractivity contribution >= 4 is 28.5 Å². The van der Waals surface area contributed by atoms with Crippen LogP contribution < -0.4 is 5.32 Å². The standard InChI is InChI=1S/C28H23N5O3/c29-15-19-8-10-20(11-9-19)17-32-18-30-16-22(32)14-26(34)31-25-12-13-33(28(25)36)27(35)24-7-3-5-21-4-1-2-6-23(21)24/h1-11,16,18,25H,12-14,17H2,(H,31,34)/t25-/m0/s1. The molecule has 0 saturated carbocycles. The molecule has 5 rings (SSSR count). The number of imide groups is 1. The average Bonchev–Trinajstić information content (AvgIpc) is 3.49. The number of benzene rings is 3. The monoisotopic (exact) mass is 477 g/mol. The van der Waals surface area contributed by atoms with E-state index in [4.69, 9.17) is 5.26 Å². The van der Waals surface area contributed by atoms with E-state index in [9.17, 15) is 14.4 Å². The van der Waals surface area contributed by atoms with Crippen LogP contribution in [0.3, 0.4) is 0 Å². The minimum atomic E-state index is -0.744. The first-order chi connectivity index (χ1) is 17.5. The lowest BCUT2D eigenvalue weighted by atomic mass is 10.0. The molecule has 1 atom stereocenters. The quantitative estimate of drug-likeness (QED) is 0.430. The fraction of sp³-hybridized carbons (Fsp3) is 0.179. The minimum absolute atomic E-state index is 0.0529. The Kier molecular flexibility index (Phi) is 6.29. The third-order valence-electron chi connectivity index (χ3n) is 6.38. The van der Waals surface area contributed by atoms with E-state index in [1.165, 1.54) is 4.90 Å². The Morgan fingerprint density at radius 2 is 1.83 bits per heavy atom. The van der Waals surface area contributed by atoms with Gasteiger partial charge in [-0.05, 0) is 41.0 Å². The molecule has 0 aliphatic carbocycles. The molecule has 36 heavy (non-hydrogen) atoms. The molecular formula is C28H23N5O3. The zero-order valence-corrected chi connectivity index (χ0v) is 19.4. The summed E-state index contributed by atoms with van der Waals surface area (Å²) >= 11 is 0. The Hall–Kier alpha value is -4.77. The summed E-state index contributed by atoms with van der Waals surface area (Å²) < 4.78 is 1.85. The number of hydrogen-bond acceptors (Lipinski definition) is 5. The van der Waals surface area contributed by atoms with Crippen molar-refractivity contribution in [1.82, 2.24) is 19.8 Å². The number of carbonyl (C=O) groups is 3. The molecule has 1 N–H and O–H groups in total. The molecule has 0 bridgehead atoms. The van der Waals surface area contributed by atoms with Gasteiger partial charge in [-0.3, -0.25) is 19.3 Å². The molecule has 2 heterocycles. The second-order valence-electron chi connectivity index (χ2n) is 8.73. The molecule has 1 aliphatic rings. The number of fused-ring (bicyclic) bond motifs is 1. The summed E-state index contributed by atoms with van der Waals surface area (Å²) in [6.07, 6.45) is 3.69. The predicted molar refractivity (Wildman–Crippen MR) is 133 cm³/mol. The molecule has 1 saturated heterocycles. The molecule has 0 unspecified atom stereocenters. The van der Waals surface area contributed by atoms with Crippen LogP contribution in [0.15, 0.2) is 79.3 Å². The zero-order valence-electron chi connectivity index (χ0n) is 19.4. The third kappa shape index (κ3) is 4.59. The smallest absolute Gasteiger partial charge is 0.261 e. The van der Waals surface area contributed by atoms with Gasteiger partial charge >= 0.3 is 0 Å². The fourth-order valence-electron chi connectivity index (χ4n) is 4.50. The molecule has 1 aliphatic heterocycles. The highest BCUT2D eigenvalue weighted by Gasteiger charge is 2.37. The summed E-state index contributed by atoms with van der Waals surface area (Å²) in [6.45, 7) is 0.756. The highest BCUT2D eigenvalue weighted by molar-refractivity contribution is 6.13. The molecule has 1 aromatic heterocycles. The van der Waals surface area contributed by atoms with Crippen LogP contribution in [0.1, 0.15) is 33.6 Å². The second-order valence-corrected chi connectivity index (χ2v) is 8.73. The Morgan fingerprint density at radius 1 is 1.06 bits per heavy atom. The van der Waals surface area contributed by atoms with Gasteiger partial charge < -0.3 is 9.88 Å². The number of nitrogens with one attached hydrogen (secondary N) is 1. The summed E-state index contributed by atoms with van der Waals surface area (Å²) in [7, 11) is 0. The summed E-state index contributed by atoms with van der Waals surface area (Å²) in [6, 6.07) is 21.6. The molecule has 3 amide bonds. The van der Waals surface area contributed by atoms with Crippen LogP contribution in [0.2, 0.25) is 0 Å². The maximum absolute atomic E-state index is 13.2. The first kappa shape index (κ1) is 23.0. The lowest BCUT2D eigenvalue weighted by Gasteiger charge is -2.17. The molecule has 0 spiro atoms. The SMILES string of the molecule is N#Cc1ccc(Cn2cncc2CC(=O)N[C@H]2CCN(C(=O)c3cccc4ccccc34)C2=O)cc1. The molecular weight excluding hydrogens is 454 g/mol. The van der Waals surface area contributed by atoms with Crippen molar-refractivity contribution < 1.29 is 14.4 Å². The largest absolute Gasteiger partial charge is 0.344 e. The summed E-state index contributed by atoms with van der Waals surface area (Å²) in [5.74, 6) is -1.06. The van der Waals surface area contributed by atoms with E-state index in [1.54, 1.807) is 36.8 Å². The summed E-state index contributed by atoms with van der Waals surface area (Å²) in [4.78, 5) is 44.3. The van der Waals surface area contributed by atoms with E-state index in [0.717, 1.165) is 16.3 Å². The Labute approximate surface area is 207 Å². The van der Waals surface area contributed by atoms with Gasteiger partial charge in [-0.1, -0.05) is 48.5 Å². The molecule has 178 valence electrons. The maximum atomic E-state index is 13.2. The second kappa shape index (κ2) is 9.84. The number of likely N-dealkylation sites (tertiary alicyclic amines) is 1. The molecule has 4 aromatic rings. The van der Waals surface area contributed by atoms with Crippen LogP contribution >= 0.6 is 0 Å². The van der Waals surface area contributed by atoms with Gasteiger partial charge in [0.15, 0.2) is 0 Å². The first-order valence-corrected chi connectivity index (χ1v) is 11.6. The van der Waals surface area contributed by atoms with Crippen molar-refractivity contribution in [2.24, 2.45) is 0 Å². The van der Waals surface area contributed by atoms with Crippen molar-refractivity contribution in [3.63, 3.8) is 0 Å². The molecule has 8 nitrogen and oxygen atoms in total. The maximum Gasteiger partial charge on any atom is 0.261 e. The van der Waals surface area contributed by atoms with Gasteiger partial charge in [0.25, 0.3) is 11.8 Å². The van der Waals surface area contributed by atoms with Crippen LogP contribution in [0.4, 0.5) is 0 Å². The van der Waals surface area contributed by atoms with Gasteiger partial charge in [0, 0.05) is 30.5 Å². The van der Waals surface area contributed by atoms with Crippen molar-refractivity contribution in [2.45, 2.75) is 25.4 Å². The molecule has 1 fully saturated rings. The zero-order chi connectivity index (χ0) is 25.1. The van der Waals surface area contributed by atoms with Gasteiger partial charge in [-0.25, -0.2) is 4.98 Å². The van der Waals surface area contributed by atoms with Crippen LogP contribution in [0.25, 0.3) is 10.8 Å². The molecule has 8 heteroatoms. The number of rotatable bonds is 6. The van der Waals surface area contributed by atoms with Gasteiger partial charge in [0.2, 0.25) is 5.91 Å². The summed E-state index contributed by atoms with van der Waals surface area (Å²) in [5.41, 5.74) is 2.73. The van der Waals surface area contributed by atoms with Crippen molar-refractivity contribution in [3.8, 4) is 6.07 Å². The van der Waals surface area contributed by atoms with E-state index >= 15 is 0 Å². The normalized spacial score (nSPS) is 15.1. The number of imidazole rings is 1. The first-order valence-electron chi connectivity index (χ1n) is 11.6. The van der Waals surface area contributed by atoms with Crippen LogP contribution in [0, 0.1) is 11.3 Å². The minimum Gasteiger partial charge on any atom is -0.344 e. The van der Waals surface area contributed by atoms with Crippen molar-refractivity contribution in [3.05, 3.63) is 102 Å². The van der Waals surface area contributed by atoms with Crippen LogP contribution in [0.5, 0.6) is 0 Å². The van der Waals surface area contributed by atoms with Gasteiger partial charge in [0.1, 0.15) is 6.04 Å². The van der Waals surface area contributed by atoms with E-state index in [1.807, 2.05) is 47.0 Å². The number of nitrogens with zero attached hydrogens (tertiary/aromatic N) is 4. The predicted octanol–water partition coefficient (Wildman–Crippen LogP) is 3.06. The third-order valence-corrected chi connectivity index (χ3v) is 6.38. The lowest BCUT2D eigenvalue weighted by molar-refractivity contribution is -0.130. The molecule has 3 aromatic carbocycles. The Balaban J connectivity index is 1.22. The fourth-order valence-corrected chi connectivity index (χ4v) is 4.50. The van der Waals surface area contributed by atoms with Crippen molar-refractivity contribution in [1.29, 1.82) is 5.26 Å². The van der Waals surface area contributed by atoms with E-state index in [2.05, 4.69) is 16.4 Å². The van der Waals surface area contributed by atoms with Crippen LogP contribution in [-0.2, 0) is 22.6 Å². The highest BCUT2D eigenvalue weighted by Crippen LogP contribution is 2.23. The molecule has 0 radical (unpaired) electrons. The van der Waals surface area contributed by atoms with Crippen LogP contribution in [-0.4, -0.2) is 44.8 Å². The number of nitriles is 1. The van der Waals surface area contributed by atoms with Gasteiger partial charge in [-0.15, -0.1) is 0 Å². The number of aromatic nitrogens is 2. The van der Waals surface area contributed by atoms with Gasteiger partial charge in [-0.2, -0.15) is 5.26 Å². The topological polar surface area (TPSA) is 108 Å². The summed E-state index contributed by atoms with van der Waals surface area (Å²) in [5, 5.41) is 13.5. The number of carbonyl (C=O) groups excluding carboxylic acids is 3. The van der Waals surface area contributed by atoms with E-state index in [-0.39, 0.29) is 24.8 Å². The van der Waals surface area contributed by atoms with Crippen molar-refractivity contribution in [2.75, 3.05) is 6.54 Å². The number of hydrogen-bond donors (Lipinski definition) is 1.